The molecule has 0 aliphatic heterocycles. The van der Waals surface area contributed by atoms with Gasteiger partial charge in [0.25, 0.3) is 0 Å². The second kappa shape index (κ2) is 5.67. The van der Waals surface area contributed by atoms with E-state index in [-0.39, 0.29) is 11.5 Å². The van der Waals surface area contributed by atoms with Gasteiger partial charge in [-0.15, -0.1) is 0 Å². The maximum Gasteiger partial charge on any atom is 0.206 e. The molecular weight excluding hydrogens is 296 g/mol. The minimum absolute atomic E-state index is 0.272. The van der Waals surface area contributed by atoms with Gasteiger partial charge in [0.05, 0.1) is 0 Å². The van der Waals surface area contributed by atoms with Crippen LogP contribution in [0.5, 0.6) is 11.5 Å². The zero-order valence-electron chi connectivity index (χ0n) is 12.9. The molecule has 0 saturated carbocycles. The molecule has 0 aromatic heterocycles. The van der Waals surface area contributed by atoms with Crippen molar-refractivity contribution in [2.45, 2.75) is 26.2 Å². The standard InChI is InChI=1S/C16H22O3Si2/c1-20(2,15-9-5-7-13(17)11-15)19-21(3,4)16-10-6-8-14(18)12-16/h5-12,17-18H,1-4H3. The summed E-state index contributed by atoms with van der Waals surface area (Å²) in [6.45, 7) is 8.55. The van der Waals surface area contributed by atoms with Gasteiger partial charge in [-0.2, -0.15) is 0 Å². The first-order valence-electron chi connectivity index (χ1n) is 7.00. The zero-order valence-corrected chi connectivity index (χ0v) is 14.9. The second-order valence-electron chi connectivity index (χ2n) is 6.22. The number of hydrogen-bond donors (Lipinski definition) is 2. The van der Waals surface area contributed by atoms with E-state index in [0.717, 1.165) is 10.4 Å². The van der Waals surface area contributed by atoms with Crippen molar-refractivity contribution < 1.29 is 14.3 Å². The van der Waals surface area contributed by atoms with Crippen LogP contribution in [0.4, 0.5) is 0 Å². The molecule has 2 N–H and O–H groups in total. The van der Waals surface area contributed by atoms with Gasteiger partial charge < -0.3 is 14.3 Å². The third-order valence-corrected chi connectivity index (χ3v) is 11.1. The van der Waals surface area contributed by atoms with Crippen LogP contribution in [0.1, 0.15) is 0 Å². The number of phenolic OH excluding ortho intramolecular Hbond substituents is 2. The Hall–Kier alpha value is -1.57. The maximum absolute atomic E-state index is 9.67. The van der Waals surface area contributed by atoms with Gasteiger partial charge in [-0.25, -0.2) is 0 Å². The van der Waals surface area contributed by atoms with Gasteiger partial charge in [-0.3, -0.25) is 0 Å². The average Bonchev–Trinajstić information content (AvgIpc) is 2.37. The largest absolute Gasteiger partial charge is 0.508 e. The van der Waals surface area contributed by atoms with Crippen LogP contribution in [-0.4, -0.2) is 26.8 Å². The smallest absolute Gasteiger partial charge is 0.206 e. The fourth-order valence-corrected chi connectivity index (χ4v) is 10.5. The normalized spacial score (nSPS) is 12.4. The lowest BCUT2D eigenvalue weighted by Gasteiger charge is -2.34. The summed E-state index contributed by atoms with van der Waals surface area (Å²) in [5.41, 5.74) is 0. The molecule has 0 aliphatic rings. The fourth-order valence-electron chi connectivity index (χ4n) is 2.52. The van der Waals surface area contributed by atoms with E-state index in [0.29, 0.717) is 0 Å². The van der Waals surface area contributed by atoms with Crippen molar-refractivity contribution in [2.75, 3.05) is 0 Å². The first-order chi connectivity index (χ1) is 9.71. The van der Waals surface area contributed by atoms with E-state index in [2.05, 4.69) is 26.2 Å². The Morgan fingerprint density at radius 2 is 1.10 bits per heavy atom. The van der Waals surface area contributed by atoms with E-state index in [1.165, 1.54) is 0 Å². The van der Waals surface area contributed by atoms with Crippen molar-refractivity contribution in [2.24, 2.45) is 0 Å². The Balaban J connectivity index is 2.30. The van der Waals surface area contributed by atoms with Crippen molar-refractivity contribution in [1.29, 1.82) is 0 Å². The quantitative estimate of drug-likeness (QED) is 0.852. The van der Waals surface area contributed by atoms with Gasteiger partial charge in [0.2, 0.25) is 16.6 Å². The number of phenols is 2. The van der Waals surface area contributed by atoms with Crippen molar-refractivity contribution >= 4 is 27.0 Å². The molecule has 0 spiro atoms. The lowest BCUT2D eigenvalue weighted by Crippen LogP contribution is -2.57. The molecule has 0 radical (unpaired) electrons. The van der Waals surface area contributed by atoms with Crippen LogP contribution in [0.3, 0.4) is 0 Å². The highest BCUT2D eigenvalue weighted by molar-refractivity contribution is 6.96. The second-order valence-corrected chi connectivity index (χ2v) is 14.2. The van der Waals surface area contributed by atoms with Crippen LogP contribution in [0.2, 0.25) is 26.2 Å². The average molecular weight is 319 g/mol. The molecule has 21 heavy (non-hydrogen) atoms. The lowest BCUT2D eigenvalue weighted by atomic mass is 10.3. The van der Waals surface area contributed by atoms with E-state index >= 15 is 0 Å². The summed E-state index contributed by atoms with van der Waals surface area (Å²) in [4.78, 5) is 0. The van der Waals surface area contributed by atoms with E-state index in [9.17, 15) is 10.2 Å². The summed E-state index contributed by atoms with van der Waals surface area (Å²) in [7, 11) is -4.25. The first-order valence-corrected chi connectivity index (χ1v) is 12.8. The van der Waals surface area contributed by atoms with Crippen molar-refractivity contribution in [3.8, 4) is 11.5 Å². The van der Waals surface area contributed by atoms with Gasteiger partial charge in [-0.1, -0.05) is 24.3 Å². The van der Waals surface area contributed by atoms with Crippen molar-refractivity contribution in [1.82, 2.24) is 0 Å². The molecule has 0 fully saturated rings. The highest BCUT2D eigenvalue weighted by atomic mass is 28.4. The first kappa shape index (κ1) is 15.8. The minimum Gasteiger partial charge on any atom is -0.508 e. The number of rotatable bonds is 4. The summed E-state index contributed by atoms with van der Waals surface area (Å²) in [5, 5.41) is 21.5. The number of hydrogen-bond acceptors (Lipinski definition) is 3. The zero-order chi connectivity index (χ0) is 15.7. The van der Waals surface area contributed by atoms with E-state index in [4.69, 9.17) is 4.12 Å². The molecular formula is C16H22O3Si2. The van der Waals surface area contributed by atoms with Crippen LogP contribution >= 0.6 is 0 Å². The van der Waals surface area contributed by atoms with Crippen LogP contribution in [0.15, 0.2) is 48.5 Å². The highest BCUT2D eigenvalue weighted by Gasteiger charge is 2.36. The third kappa shape index (κ3) is 3.75. The Bertz CT molecular complexity index is 583. The molecule has 0 atom stereocenters. The fraction of sp³-hybridized carbons (Fsp3) is 0.250. The van der Waals surface area contributed by atoms with Crippen LogP contribution < -0.4 is 10.4 Å². The Labute approximate surface area is 128 Å². The molecule has 0 unspecified atom stereocenters. The monoisotopic (exact) mass is 318 g/mol. The minimum atomic E-state index is -2.13. The number of benzene rings is 2. The Morgan fingerprint density at radius 1 is 0.714 bits per heavy atom. The molecule has 0 aliphatic carbocycles. The lowest BCUT2D eigenvalue weighted by molar-refractivity contribution is 0.475. The predicted molar refractivity (Wildman–Crippen MR) is 91.5 cm³/mol. The van der Waals surface area contributed by atoms with E-state index in [1.54, 1.807) is 24.3 Å². The van der Waals surface area contributed by atoms with Gasteiger partial charge in [0.15, 0.2) is 0 Å². The topological polar surface area (TPSA) is 49.7 Å². The molecule has 112 valence electrons. The SMILES string of the molecule is C[Si](C)(O[Si](C)(C)c1cccc(O)c1)c1cccc(O)c1. The van der Waals surface area contributed by atoms with Gasteiger partial charge in [0.1, 0.15) is 11.5 Å². The summed E-state index contributed by atoms with van der Waals surface area (Å²) >= 11 is 0. The molecule has 2 rings (SSSR count). The van der Waals surface area contributed by atoms with Gasteiger partial charge >= 0.3 is 0 Å². The predicted octanol–water partition coefficient (Wildman–Crippen LogP) is 2.64. The molecule has 5 heteroatoms. The van der Waals surface area contributed by atoms with Crippen molar-refractivity contribution in [3.05, 3.63) is 48.5 Å². The van der Waals surface area contributed by atoms with E-state index < -0.39 is 16.6 Å². The van der Waals surface area contributed by atoms with Gasteiger partial charge in [0, 0.05) is 0 Å². The van der Waals surface area contributed by atoms with Crippen molar-refractivity contribution in [3.63, 3.8) is 0 Å². The summed E-state index contributed by atoms with van der Waals surface area (Å²) in [5.74, 6) is 0.544. The molecule has 0 bridgehead atoms. The molecule has 0 heterocycles. The number of aromatic hydroxyl groups is 2. The molecule has 2 aromatic rings. The molecule has 2 aromatic carbocycles. The summed E-state index contributed by atoms with van der Waals surface area (Å²) in [6, 6.07) is 14.7. The molecule has 0 amide bonds. The van der Waals surface area contributed by atoms with E-state index in [1.807, 2.05) is 24.3 Å². The highest BCUT2D eigenvalue weighted by Crippen LogP contribution is 2.18. The summed E-state index contributed by atoms with van der Waals surface area (Å²) < 4.78 is 6.56. The Morgan fingerprint density at radius 3 is 1.43 bits per heavy atom. The molecule has 0 saturated heterocycles. The maximum atomic E-state index is 9.67. The van der Waals surface area contributed by atoms with Crippen LogP contribution in [0, 0.1) is 0 Å². The van der Waals surface area contributed by atoms with Crippen LogP contribution in [-0.2, 0) is 4.12 Å². The summed E-state index contributed by atoms with van der Waals surface area (Å²) in [6.07, 6.45) is 0. The third-order valence-electron chi connectivity index (χ3n) is 3.59. The molecule has 3 nitrogen and oxygen atoms in total. The van der Waals surface area contributed by atoms with Crippen LogP contribution in [0.25, 0.3) is 0 Å². The van der Waals surface area contributed by atoms with Gasteiger partial charge in [-0.05, 0) is 60.8 Å². The Kier molecular flexibility index (Phi) is 4.27.